The van der Waals surface area contributed by atoms with Crippen molar-refractivity contribution in [3.05, 3.63) is 29.8 Å². The first-order valence-corrected chi connectivity index (χ1v) is 9.40. The first-order valence-electron chi connectivity index (χ1n) is 6.56. The number of benzene rings is 1. The Morgan fingerprint density at radius 3 is 2.38 bits per heavy atom. The zero-order valence-corrected chi connectivity index (χ0v) is 14.1. The Labute approximate surface area is 130 Å². The minimum Gasteiger partial charge on any atom is -0.481 e. The molecule has 0 fully saturated rings. The van der Waals surface area contributed by atoms with Crippen molar-refractivity contribution in [2.75, 3.05) is 19.1 Å². The van der Waals surface area contributed by atoms with Gasteiger partial charge in [0, 0.05) is 25.3 Å². The van der Waals surface area contributed by atoms with E-state index in [1.54, 1.807) is 30.9 Å². The second-order valence-electron chi connectivity index (χ2n) is 4.86. The van der Waals surface area contributed by atoms with E-state index in [9.17, 15) is 13.2 Å². The molecule has 1 rings (SSSR count). The summed E-state index contributed by atoms with van der Waals surface area (Å²) in [6.07, 6.45) is 2.37. The number of sulfonamides is 1. The monoisotopic (exact) mass is 331 g/mol. The zero-order valence-electron chi connectivity index (χ0n) is 12.4. The van der Waals surface area contributed by atoms with Crippen LogP contribution in [0.3, 0.4) is 0 Å². The molecule has 0 spiro atoms. The van der Waals surface area contributed by atoms with Gasteiger partial charge in [0.15, 0.2) is 0 Å². The number of rotatable bonds is 8. The molecule has 0 aliphatic rings. The number of nitrogens with zero attached hydrogens (tertiary/aromatic N) is 1. The zero-order chi connectivity index (χ0) is 16.0. The van der Waals surface area contributed by atoms with Gasteiger partial charge in [-0.2, -0.15) is 16.1 Å². The van der Waals surface area contributed by atoms with Gasteiger partial charge in [-0.05, 0) is 37.3 Å². The lowest BCUT2D eigenvalue weighted by atomic mass is 10.1. The van der Waals surface area contributed by atoms with Gasteiger partial charge in [-0.3, -0.25) is 4.79 Å². The minimum absolute atomic E-state index is 0.0384. The van der Waals surface area contributed by atoms with Crippen molar-refractivity contribution in [3.63, 3.8) is 0 Å². The molecular formula is C14H21NO4S2. The third-order valence-electron chi connectivity index (χ3n) is 3.26. The summed E-state index contributed by atoms with van der Waals surface area (Å²) in [5.74, 6) is -0.135. The molecule has 0 bridgehead atoms. The van der Waals surface area contributed by atoms with E-state index >= 15 is 0 Å². The molecule has 0 radical (unpaired) electrons. The second kappa shape index (κ2) is 7.82. The molecule has 1 unspecified atom stereocenters. The third kappa shape index (κ3) is 5.01. The lowest BCUT2D eigenvalue weighted by Gasteiger charge is -2.23. The van der Waals surface area contributed by atoms with Crippen LogP contribution in [0.1, 0.15) is 18.9 Å². The number of aryl methyl sites for hydroxylation is 1. The van der Waals surface area contributed by atoms with Crippen LogP contribution in [0.2, 0.25) is 0 Å². The third-order valence-corrected chi connectivity index (χ3v) is 6.06. The number of thioether (sulfide) groups is 1. The topological polar surface area (TPSA) is 74.7 Å². The highest BCUT2D eigenvalue weighted by molar-refractivity contribution is 7.98. The molecule has 0 saturated heterocycles. The molecule has 0 amide bonds. The Balaban J connectivity index is 2.86. The van der Waals surface area contributed by atoms with Crippen molar-refractivity contribution in [3.8, 4) is 0 Å². The molecule has 0 aromatic heterocycles. The van der Waals surface area contributed by atoms with E-state index in [0.717, 1.165) is 11.3 Å². The van der Waals surface area contributed by atoms with Crippen molar-refractivity contribution >= 4 is 27.8 Å². The van der Waals surface area contributed by atoms with Gasteiger partial charge in [0.25, 0.3) is 0 Å². The molecule has 1 aromatic rings. The highest BCUT2D eigenvalue weighted by Crippen LogP contribution is 2.19. The largest absolute Gasteiger partial charge is 0.481 e. The van der Waals surface area contributed by atoms with Crippen LogP contribution < -0.4 is 0 Å². The summed E-state index contributed by atoms with van der Waals surface area (Å²) in [4.78, 5) is 10.8. The molecule has 0 saturated carbocycles. The SMILES string of the molecule is CSCC(C)N(C)S(=O)(=O)c1ccc(CCC(=O)O)cc1. The summed E-state index contributed by atoms with van der Waals surface area (Å²) in [6, 6.07) is 6.33. The van der Waals surface area contributed by atoms with Crippen molar-refractivity contribution in [1.29, 1.82) is 0 Å². The highest BCUT2D eigenvalue weighted by Gasteiger charge is 2.24. The number of hydrogen-bond acceptors (Lipinski definition) is 4. The molecule has 0 aliphatic heterocycles. The summed E-state index contributed by atoms with van der Waals surface area (Å²) in [5.41, 5.74) is 0.816. The van der Waals surface area contributed by atoms with Gasteiger partial charge in [-0.15, -0.1) is 0 Å². The summed E-state index contributed by atoms with van der Waals surface area (Å²) in [5, 5.41) is 8.64. The van der Waals surface area contributed by atoms with Crippen LogP contribution in [0.5, 0.6) is 0 Å². The number of hydrogen-bond donors (Lipinski definition) is 1. The quantitative estimate of drug-likeness (QED) is 0.789. The second-order valence-corrected chi connectivity index (χ2v) is 7.77. The molecule has 0 heterocycles. The summed E-state index contributed by atoms with van der Waals surface area (Å²) in [7, 11) is -1.93. The van der Waals surface area contributed by atoms with E-state index < -0.39 is 16.0 Å². The molecule has 7 heteroatoms. The normalized spacial score (nSPS) is 13.3. The molecule has 118 valence electrons. The van der Waals surface area contributed by atoms with Crippen molar-refractivity contribution < 1.29 is 18.3 Å². The maximum absolute atomic E-state index is 12.4. The molecule has 0 aliphatic carbocycles. The molecule has 5 nitrogen and oxygen atoms in total. The summed E-state index contributed by atoms with van der Waals surface area (Å²) >= 11 is 1.60. The fourth-order valence-electron chi connectivity index (χ4n) is 1.83. The van der Waals surface area contributed by atoms with Gasteiger partial charge in [-0.1, -0.05) is 12.1 Å². The van der Waals surface area contributed by atoms with Gasteiger partial charge in [0.05, 0.1) is 4.90 Å². The Hall–Kier alpha value is -1.05. The lowest BCUT2D eigenvalue weighted by Crippen LogP contribution is -2.36. The highest BCUT2D eigenvalue weighted by atomic mass is 32.2. The molecule has 1 N–H and O–H groups in total. The van der Waals surface area contributed by atoms with Crippen LogP contribution in [-0.2, 0) is 21.2 Å². The van der Waals surface area contributed by atoms with E-state index in [2.05, 4.69) is 0 Å². The van der Waals surface area contributed by atoms with Crippen LogP contribution in [0, 0.1) is 0 Å². The number of aliphatic carboxylic acids is 1. The van der Waals surface area contributed by atoms with Gasteiger partial charge in [-0.25, -0.2) is 8.42 Å². The number of carboxylic acids is 1. The van der Waals surface area contributed by atoms with Crippen molar-refractivity contribution in [1.82, 2.24) is 4.31 Å². The Morgan fingerprint density at radius 1 is 1.33 bits per heavy atom. The average Bonchev–Trinajstić information content (AvgIpc) is 2.45. The number of carboxylic acid groups (broad SMARTS) is 1. The molecule has 1 atom stereocenters. The van der Waals surface area contributed by atoms with Crippen LogP contribution in [0.25, 0.3) is 0 Å². The maximum Gasteiger partial charge on any atom is 0.303 e. The van der Waals surface area contributed by atoms with E-state index in [1.807, 2.05) is 13.2 Å². The number of carbonyl (C=O) groups is 1. The standard InChI is InChI=1S/C14H21NO4S2/c1-11(10-20-3)15(2)21(18,19)13-7-4-12(5-8-13)6-9-14(16)17/h4-5,7-8,11H,6,9-10H2,1-3H3,(H,16,17). The fraction of sp³-hybridized carbons (Fsp3) is 0.500. The first-order chi connectivity index (χ1) is 9.78. The van der Waals surface area contributed by atoms with Crippen LogP contribution in [0.15, 0.2) is 29.2 Å². The summed E-state index contributed by atoms with van der Waals surface area (Å²) in [6.45, 7) is 1.87. The molecular weight excluding hydrogens is 310 g/mol. The van der Waals surface area contributed by atoms with Crippen molar-refractivity contribution in [2.24, 2.45) is 0 Å². The van der Waals surface area contributed by atoms with E-state index in [4.69, 9.17) is 5.11 Å². The maximum atomic E-state index is 12.4. The van der Waals surface area contributed by atoms with E-state index in [0.29, 0.717) is 6.42 Å². The Morgan fingerprint density at radius 2 is 1.90 bits per heavy atom. The van der Waals surface area contributed by atoms with Gasteiger partial charge < -0.3 is 5.11 Å². The first kappa shape index (κ1) is 18.0. The summed E-state index contributed by atoms with van der Waals surface area (Å²) < 4.78 is 26.3. The van der Waals surface area contributed by atoms with Crippen molar-refractivity contribution in [2.45, 2.75) is 30.7 Å². The smallest absolute Gasteiger partial charge is 0.303 e. The Bertz CT molecular complexity index is 569. The van der Waals surface area contributed by atoms with Crippen LogP contribution in [-0.4, -0.2) is 48.9 Å². The Kier molecular flexibility index (Phi) is 6.70. The molecule has 21 heavy (non-hydrogen) atoms. The fourth-order valence-corrected chi connectivity index (χ4v) is 3.99. The van der Waals surface area contributed by atoms with E-state index in [-0.39, 0.29) is 17.4 Å². The van der Waals surface area contributed by atoms with E-state index in [1.165, 1.54) is 16.4 Å². The molecule has 1 aromatic carbocycles. The van der Waals surface area contributed by atoms with Crippen LogP contribution in [0.4, 0.5) is 0 Å². The van der Waals surface area contributed by atoms with Crippen LogP contribution >= 0.6 is 11.8 Å². The van der Waals surface area contributed by atoms with Gasteiger partial charge in [0.1, 0.15) is 0 Å². The van der Waals surface area contributed by atoms with Gasteiger partial charge >= 0.3 is 5.97 Å². The average molecular weight is 331 g/mol. The minimum atomic E-state index is -3.50. The van der Waals surface area contributed by atoms with Gasteiger partial charge in [0.2, 0.25) is 10.0 Å². The predicted molar refractivity (Wildman–Crippen MR) is 85.2 cm³/mol. The lowest BCUT2D eigenvalue weighted by molar-refractivity contribution is -0.136. The predicted octanol–water partition coefficient (Wildman–Crippen LogP) is 2.08.